The lowest BCUT2D eigenvalue weighted by atomic mass is 9.98. The highest BCUT2D eigenvalue weighted by molar-refractivity contribution is 5.92. The molecule has 0 radical (unpaired) electrons. The molecule has 4 aromatic carbocycles. The van der Waals surface area contributed by atoms with Crippen LogP contribution in [0.3, 0.4) is 0 Å². The first-order valence-electron chi connectivity index (χ1n) is 13.4. The van der Waals surface area contributed by atoms with Crippen molar-refractivity contribution in [3.63, 3.8) is 0 Å². The second-order valence-electron chi connectivity index (χ2n) is 9.75. The minimum absolute atomic E-state index is 0.920. The zero-order valence-electron chi connectivity index (χ0n) is 21.8. The number of para-hydroxylation sites is 1. The molecule has 0 aliphatic heterocycles. The van der Waals surface area contributed by atoms with Crippen LogP contribution in [0.25, 0.3) is 66.9 Å². The van der Waals surface area contributed by atoms with E-state index >= 15 is 0 Å². The maximum absolute atomic E-state index is 5.00. The van der Waals surface area contributed by atoms with Crippen LogP contribution in [0.1, 0.15) is 0 Å². The van der Waals surface area contributed by atoms with Gasteiger partial charge in [-0.1, -0.05) is 115 Å². The van der Waals surface area contributed by atoms with E-state index < -0.39 is 0 Å². The summed E-state index contributed by atoms with van der Waals surface area (Å²) >= 11 is 0. The molecule has 0 spiro atoms. The fourth-order valence-corrected chi connectivity index (χ4v) is 5.10. The number of pyridine rings is 3. The summed E-state index contributed by atoms with van der Waals surface area (Å²) in [6.07, 6.45) is 3.77. The van der Waals surface area contributed by atoms with Gasteiger partial charge in [0, 0.05) is 40.0 Å². The van der Waals surface area contributed by atoms with E-state index in [9.17, 15) is 0 Å². The number of rotatable bonds is 5. The predicted molar refractivity (Wildman–Crippen MR) is 165 cm³/mol. The van der Waals surface area contributed by atoms with Crippen molar-refractivity contribution < 1.29 is 0 Å². The molecule has 3 heteroatoms. The summed E-state index contributed by atoms with van der Waals surface area (Å²) in [6.45, 7) is 0. The van der Waals surface area contributed by atoms with Crippen molar-refractivity contribution in [1.29, 1.82) is 0 Å². The van der Waals surface area contributed by atoms with Crippen molar-refractivity contribution in [2.75, 3.05) is 0 Å². The second-order valence-corrected chi connectivity index (χ2v) is 9.75. The average Bonchev–Trinajstić information content (AvgIpc) is 3.05. The standard InChI is InChI=1S/C37H25N3/c1-3-9-28(10-4-1)35-23-32(24-36(40-35)29-11-5-2-6-12-29)27-18-16-26(17-19-27)31-20-21-34(39-25-31)33-15-7-13-30-14-8-22-38-37(30)33/h1-25H. The average molecular weight is 512 g/mol. The summed E-state index contributed by atoms with van der Waals surface area (Å²) < 4.78 is 0. The highest BCUT2D eigenvalue weighted by Crippen LogP contribution is 2.32. The van der Waals surface area contributed by atoms with E-state index in [4.69, 9.17) is 9.97 Å². The number of fused-ring (bicyclic) bond motifs is 1. The van der Waals surface area contributed by atoms with E-state index in [1.165, 1.54) is 0 Å². The van der Waals surface area contributed by atoms with Gasteiger partial charge in [0.25, 0.3) is 0 Å². The van der Waals surface area contributed by atoms with Gasteiger partial charge in [-0.2, -0.15) is 0 Å². The highest BCUT2D eigenvalue weighted by atomic mass is 14.7. The number of hydrogen-bond donors (Lipinski definition) is 0. The van der Waals surface area contributed by atoms with Crippen molar-refractivity contribution in [2.45, 2.75) is 0 Å². The third-order valence-electron chi connectivity index (χ3n) is 7.19. The molecule has 7 aromatic rings. The molecule has 188 valence electrons. The molecule has 3 aromatic heterocycles. The predicted octanol–water partition coefficient (Wildman–Crippen LogP) is 9.36. The first-order valence-corrected chi connectivity index (χ1v) is 13.4. The molecule has 0 N–H and O–H groups in total. The second kappa shape index (κ2) is 10.4. The lowest BCUT2D eigenvalue weighted by molar-refractivity contribution is 1.32. The molecule has 0 aliphatic carbocycles. The lowest BCUT2D eigenvalue weighted by Crippen LogP contribution is -1.91. The van der Waals surface area contributed by atoms with Gasteiger partial charge in [0.1, 0.15) is 0 Å². The number of nitrogens with zero attached hydrogens (tertiary/aromatic N) is 3. The van der Waals surface area contributed by atoms with Crippen molar-refractivity contribution in [2.24, 2.45) is 0 Å². The third kappa shape index (κ3) is 4.65. The summed E-state index contributed by atoms with van der Waals surface area (Å²) in [5, 5.41) is 1.11. The summed E-state index contributed by atoms with van der Waals surface area (Å²) in [6, 6.07) is 48.2. The van der Waals surface area contributed by atoms with Gasteiger partial charge in [0.05, 0.1) is 22.6 Å². The largest absolute Gasteiger partial charge is 0.256 e. The van der Waals surface area contributed by atoms with Crippen molar-refractivity contribution >= 4 is 10.9 Å². The fraction of sp³-hybridized carbons (Fsp3) is 0. The first kappa shape index (κ1) is 23.7. The maximum Gasteiger partial charge on any atom is 0.0795 e. The molecule has 0 unspecified atom stereocenters. The van der Waals surface area contributed by atoms with Gasteiger partial charge in [0.2, 0.25) is 0 Å². The van der Waals surface area contributed by atoms with Gasteiger partial charge in [-0.25, -0.2) is 4.98 Å². The van der Waals surface area contributed by atoms with E-state index in [1.54, 1.807) is 0 Å². The third-order valence-corrected chi connectivity index (χ3v) is 7.19. The van der Waals surface area contributed by atoms with Gasteiger partial charge in [0.15, 0.2) is 0 Å². The SMILES string of the molecule is c1ccc(-c2cc(-c3ccc(-c4ccc(-c5cccc6cccnc56)nc4)cc3)cc(-c3ccccc3)n2)cc1. The van der Waals surface area contributed by atoms with Crippen LogP contribution in [-0.4, -0.2) is 15.0 Å². The lowest BCUT2D eigenvalue weighted by Gasteiger charge is -2.11. The summed E-state index contributed by atoms with van der Waals surface area (Å²) in [5.74, 6) is 0. The van der Waals surface area contributed by atoms with E-state index in [0.717, 1.165) is 66.9 Å². The molecule has 0 amide bonds. The molecule has 0 fully saturated rings. The van der Waals surface area contributed by atoms with Crippen molar-refractivity contribution in [1.82, 2.24) is 15.0 Å². The summed E-state index contributed by atoms with van der Waals surface area (Å²) in [5.41, 5.74) is 11.5. The zero-order valence-corrected chi connectivity index (χ0v) is 21.8. The molecule has 40 heavy (non-hydrogen) atoms. The Balaban J connectivity index is 1.22. The van der Waals surface area contributed by atoms with Crippen LogP contribution in [0.5, 0.6) is 0 Å². The molecule has 0 aliphatic rings. The van der Waals surface area contributed by atoms with Gasteiger partial charge in [-0.05, 0) is 41.0 Å². The highest BCUT2D eigenvalue weighted by Gasteiger charge is 2.10. The number of hydrogen-bond acceptors (Lipinski definition) is 3. The molecular formula is C37H25N3. The minimum atomic E-state index is 0.920. The molecule has 0 atom stereocenters. The molecule has 7 rings (SSSR count). The smallest absolute Gasteiger partial charge is 0.0795 e. The first-order chi connectivity index (χ1) is 19.8. The zero-order chi connectivity index (χ0) is 26.7. The molecule has 0 bridgehead atoms. The van der Waals surface area contributed by atoms with E-state index in [0.29, 0.717) is 0 Å². The van der Waals surface area contributed by atoms with Crippen LogP contribution >= 0.6 is 0 Å². The Bertz CT molecular complexity index is 1850. The molecular weight excluding hydrogens is 486 g/mol. The van der Waals surface area contributed by atoms with Gasteiger partial charge < -0.3 is 0 Å². The van der Waals surface area contributed by atoms with E-state index in [2.05, 4.69) is 126 Å². The Morgan fingerprint density at radius 3 is 1.60 bits per heavy atom. The van der Waals surface area contributed by atoms with Gasteiger partial charge >= 0.3 is 0 Å². The van der Waals surface area contributed by atoms with Crippen LogP contribution in [0.4, 0.5) is 0 Å². The van der Waals surface area contributed by atoms with Crippen molar-refractivity contribution in [3.05, 3.63) is 152 Å². The quantitative estimate of drug-likeness (QED) is 0.231. The molecule has 0 saturated heterocycles. The Hall–Kier alpha value is -5.41. The van der Waals surface area contributed by atoms with Crippen LogP contribution in [0.2, 0.25) is 0 Å². The van der Waals surface area contributed by atoms with E-state index in [1.807, 2.05) is 30.6 Å². The Morgan fingerprint density at radius 1 is 0.375 bits per heavy atom. The molecule has 3 heterocycles. The van der Waals surface area contributed by atoms with Crippen molar-refractivity contribution in [3.8, 4) is 56.0 Å². The van der Waals surface area contributed by atoms with Crippen LogP contribution in [-0.2, 0) is 0 Å². The normalized spacial score (nSPS) is 11.0. The van der Waals surface area contributed by atoms with Crippen LogP contribution < -0.4 is 0 Å². The van der Waals surface area contributed by atoms with Gasteiger partial charge in [-0.3, -0.25) is 9.97 Å². The maximum atomic E-state index is 5.00. The van der Waals surface area contributed by atoms with Crippen LogP contribution in [0.15, 0.2) is 152 Å². The fourth-order valence-electron chi connectivity index (χ4n) is 5.10. The minimum Gasteiger partial charge on any atom is -0.256 e. The Kier molecular flexibility index (Phi) is 6.15. The van der Waals surface area contributed by atoms with Crippen LogP contribution in [0, 0.1) is 0 Å². The summed E-state index contributed by atoms with van der Waals surface area (Å²) in [4.78, 5) is 14.4. The monoisotopic (exact) mass is 511 g/mol. The Morgan fingerprint density at radius 2 is 0.975 bits per heavy atom. The number of benzene rings is 4. The van der Waals surface area contributed by atoms with E-state index in [-0.39, 0.29) is 0 Å². The Labute approximate surface area is 233 Å². The summed E-state index contributed by atoms with van der Waals surface area (Å²) in [7, 11) is 0. The molecule has 3 nitrogen and oxygen atoms in total. The number of aromatic nitrogens is 3. The molecule has 0 saturated carbocycles. The topological polar surface area (TPSA) is 38.7 Å². The van der Waals surface area contributed by atoms with Gasteiger partial charge in [-0.15, -0.1) is 0 Å².